The average Bonchev–Trinajstić information content (AvgIpc) is 3.33. The van der Waals surface area contributed by atoms with Gasteiger partial charge in [-0.25, -0.2) is 4.98 Å². The number of methoxy groups -OCH3 is 2. The van der Waals surface area contributed by atoms with Gasteiger partial charge in [-0.2, -0.15) is 0 Å². The molecule has 1 N–H and O–H groups in total. The number of nitrogens with one attached hydrogen (secondary N) is 1. The summed E-state index contributed by atoms with van der Waals surface area (Å²) in [6.07, 6.45) is 1.83. The SMILES string of the molecule is COc1ccc(OC)c(C(=O)N2CCC[C@@H]2c2nc3ccccc3[nH]2)c1. The van der Waals surface area contributed by atoms with Crippen LogP contribution in [-0.4, -0.2) is 41.5 Å². The van der Waals surface area contributed by atoms with Crippen molar-refractivity contribution in [3.05, 3.63) is 53.9 Å². The summed E-state index contributed by atoms with van der Waals surface area (Å²) in [7, 11) is 3.16. The van der Waals surface area contributed by atoms with Gasteiger partial charge in [0, 0.05) is 6.54 Å². The van der Waals surface area contributed by atoms with E-state index in [2.05, 4.69) is 4.98 Å². The molecule has 0 unspecified atom stereocenters. The van der Waals surface area contributed by atoms with Crippen molar-refractivity contribution < 1.29 is 14.3 Å². The van der Waals surface area contributed by atoms with E-state index in [1.54, 1.807) is 32.4 Å². The maximum Gasteiger partial charge on any atom is 0.258 e. The zero-order valence-corrected chi connectivity index (χ0v) is 14.9. The minimum atomic E-state index is -0.0660. The van der Waals surface area contributed by atoms with Gasteiger partial charge in [0.25, 0.3) is 5.91 Å². The Morgan fingerprint density at radius 2 is 2.04 bits per heavy atom. The van der Waals surface area contributed by atoms with Crippen LogP contribution < -0.4 is 9.47 Å². The van der Waals surface area contributed by atoms with Crippen LogP contribution in [0.2, 0.25) is 0 Å². The molecule has 26 heavy (non-hydrogen) atoms. The molecule has 1 aromatic heterocycles. The number of para-hydroxylation sites is 2. The number of benzene rings is 2. The van der Waals surface area contributed by atoms with Gasteiger partial charge in [-0.1, -0.05) is 12.1 Å². The fourth-order valence-electron chi connectivity index (χ4n) is 3.56. The molecule has 1 fully saturated rings. The summed E-state index contributed by atoms with van der Waals surface area (Å²) < 4.78 is 10.7. The van der Waals surface area contributed by atoms with Crippen molar-refractivity contribution in [2.75, 3.05) is 20.8 Å². The molecule has 0 radical (unpaired) electrons. The predicted octanol–water partition coefficient (Wildman–Crippen LogP) is 3.56. The van der Waals surface area contributed by atoms with Crippen molar-refractivity contribution in [1.82, 2.24) is 14.9 Å². The Morgan fingerprint density at radius 3 is 2.81 bits per heavy atom. The quantitative estimate of drug-likeness (QED) is 0.780. The third-order valence-corrected chi connectivity index (χ3v) is 4.87. The second-order valence-electron chi connectivity index (χ2n) is 6.36. The van der Waals surface area contributed by atoms with Crippen molar-refractivity contribution in [3.8, 4) is 11.5 Å². The fourth-order valence-corrected chi connectivity index (χ4v) is 3.56. The van der Waals surface area contributed by atoms with Crippen LogP contribution in [0, 0.1) is 0 Å². The van der Waals surface area contributed by atoms with Gasteiger partial charge in [-0.15, -0.1) is 0 Å². The normalized spacial score (nSPS) is 16.8. The van der Waals surface area contributed by atoms with Crippen LogP contribution in [0.15, 0.2) is 42.5 Å². The molecule has 6 nitrogen and oxygen atoms in total. The molecule has 0 aliphatic carbocycles. The van der Waals surface area contributed by atoms with Crippen LogP contribution in [0.4, 0.5) is 0 Å². The van der Waals surface area contributed by atoms with E-state index in [0.29, 0.717) is 23.6 Å². The third kappa shape index (κ3) is 2.77. The van der Waals surface area contributed by atoms with E-state index in [1.165, 1.54) is 0 Å². The second kappa shape index (κ2) is 6.71. The topological polar surface area (TPSA) is 67.5 Å². The summed E-state index contributed by atoms with van der Waals surface area (Å²) in [6.45, 7) is 0.695. The first-order chi connectivity index (χ1) is 12.7. The molecule has 134 valence electrons. The van der Waals surface area contributed by atoms with Gasteiger partial charge in [-0.05, 0) is 43.2 Å². The molecule has 0 spiro atoms. The van der Waals surface area contributed by atoms with Gasteiger partial charge in [0.2, 0.25) is 0 Å². The molecule has 6 heteroatoms. The molecule has 1 atom stereocenters. The molecule has 1 aliphatic rings. The van der Waals surface area contributed by atoms with Gasteiger partial charge in [0.15, 0.2) is 0 Å². The highest BCUT2D eigenvalue weighted by molar-refractivity contribution is 5.97. The van der Waals surface area contributed by atoms with E-state index in [0.717, 1.165) is 29.7 Å². The number of carbonyl (C=O) groups is 1. The van der Waals surface area contributed by atoms with E-state index >= 15 is 0 Å². The van der Waals surface area contributed by atoms with E-state index < -0.39 is 0 Å². The van der Waals surface area contributed by atoms with E-state index in [4.69, 9.17) is 14.5 Å². The van der Waals surface area contributed by atoms with Gasteiger partial charge < -0.3 is 19.4 Å². The number of aromatic nitrogens is 2. The zero-order chi connectivity index (χ0) is 18.1. The van der Waals surface area contributed by atoms with Crippen LogP contribution in [0.1, 0.15) is 35.1 Å². The zero-order valence-electron chi connectivity index (χ0n) is 14.9. The number of aromatic amines is 1. The predicted molar refractivity (Wildman–Crippen MR) is 98.7 cm³/mol. The molecule has 0 bridgehead atoms. The van der Waals surface area contributed by atoms with E-state index in [1.807, 2.05) is 29.2 Å². The number of nitrogens with zero attached hydrogens (tertiary/aromatic N) is 2. The largest absolute Gasteiger partial charge is 0.497 e. The first-order valence-corrected chi connectivity index (χ1v) is 8.69. The Morgan fingerprint density at radius 1 is 1.19 bits per heavy atom. The molecular weight excluding hydrogens is 330 g/mol. The Bertz CT molecular complexity index is 917. The first-order valence-electron chi connectivity index (χ1n) is 8.69. The van der Waals surface area contributed by atoms with Crippen molar-refractivity contribution in [3.63, 3.8) is 0 Å². The third-order valence-electron chi connectivity index (χ3n) is 4.87. The number of rotatable bonds is 4. The summed E-state index contributed by atoms with van der Waals surface area (Å²) in [5, 5.41) is 0. The molecule has 4 rings (SSSR count). The lowest BCUT2D eigenvalue weighted by Gasteiger charge is -2.24. The summed E-state index contributed by atoms with van der Waals surface area (Å²) in [5.41, 5.74) is 2.41. The molecule has 1 saturated heterocycles. The Balaban J connectivity index is 1.69. The molecule has 2 aromatic carbocycles. The maximum atomic E-state index is 13.2. The summed E-state index contributed by atoms with van der Waals surface area (Å²) in [4.78, 5) is 23.2. The van der Waals surface area contributed by atoms with Gasteiger partial charge in [0.05, 0.1) is 36.9 Å². The summed E-state index contributed by atoms with van der Waals surface area (Å²) in [5.74, 6) is 1.95. The molecule has 3 aromatic rings. The number of ether oxygens (including phenoxy) is 2. The average molecular weight is 351 g/mol. The lowest BCUT2D eigenvalue weighted by atomic mass is 10.1. The highest BCUT2D eigenvalue weighted by Gasteiger charge is 2.34. The van der Waals surface area contributed by atoms with E-state index in [9.17, 15) is 4.79 Å². The maximum absolute atomic E-state index is 13.2. The standard InChI is InChI=1S/C20H21N3O3/c1-25-13-9-10-18(26-2)14(12-13)20(24)23-11-5-8-17(23)19-21-15-6-3-4-7-16(15)22-19/h3-4,6-7,9-10,12,17H,5,8,11H2,1-2H3,(H,21,22)/t17-/m1/s1. The fraction of sp³-hybridized carbons (Fsp3) is 0.300. The smallest absolute Gasteiger partial charge is 0.258 e. The van der Waals surface area contributed by atoms with Gasteiger partial charge in [-0.3, -0.25) is 4.79 Å². The number of H-pyrrole nitrogens is 1. The summed E-state index contributed by atoms with van der Waals surface area (Å²) in [6, 6.07) is 13.1. The number of imidazole rings is 1. The molecular formula is C20H21N3O3. The van der Waals surface area contributed by atoms with E-state index in [-0.39, 0.29) is 11.9 Å². The minimum absolute atomic E-state index is 0.0641. The van der Waals surface area contributed by atoms with Crippen LogP contribution in [0.3, 0.4) is 0 Å². The first kappa shape index (κ1) is 16.4. The number of carbonyl (C=O) groups excluding carboxylic acids is 1. The number of fused-ring (bicyclic) bond motifs is 1. The highest BCUT2D eigenvalue weighted by Crippen LogP contribution is 2.35. The van der Waals surface area contributed by atoms with Crippen molar-refractivity contribution in [2.24, 2.45) is 0 Å². The minimum Gasteiger partial charge on any atom is -0.497 e. The lowest BCUT2D eigenvalue weighted by molar-refractivity contribution is 0.0726. The Labute approximate surface area is 151 Å². The number of hydrogen-bond donors (Lipinski definition) is 1. The van der Waals surface area contributed by atoms with Gasteiger partial charge >= 0.3 is 0 Å². The molecule has 0 saturated carbocycles. The summed E-state index contributed by atoms with van der Waals surface area (Å²) >= 11 is 0. The monoisotopic (exact) mass is 351 g/mol. The van der Waals surface area contributed by atoms with Crippen LogP contribution >= 0.6 is 0 Å². The molecule has 1 aliphatic heterocycles. The number of likely N-dealkylation sites (tertiary alicyclic amines) is 1. The lowest BCUT2D eigenvalue weighted by Crippen LogP contribution is -2.31. The Kier molecular flexibility index (Phi) is 4.24. The van der Waals surface area contributed by atoms with Crippen molar-refractivity contribution >= 4 is 16.9 Å². The molecule has 1 amide bonds. The van der Waals surface area contributed by atoms with Gasteiger partial charge in [0.1, 0.15) is 17.3 Å². The molecule has 2 heterocycles. The van der Waals surface area contributed by atoms with Crippen molar-refractivity contribution in [2.45, 2.75) is 18.9 Å². The number of amides is 1. The Hall–Kier alpha value is -3.02. The van der Waals surface area contributed by atoms with Crippen LogP contribution in [-0.2, 0) is 0 Å². The van der Waals surface area contributed by atoms with Crippen molar-refractivity contribution in [1.29, 1.82) is 0 Å². The highest BCUT2D eigenvalue weighted by atomic mass is 16.5. The van der Waals surface area contributed by atoms with Crippen LogP contribution in [0.25, 0.3) is 11.0 Å². The van der Waals surface area contributed by atoms with Crippen LogP contribution in [0.5, 0.6) is 11.5 Å². The second-order valence-corrected chi connectivity index (χ2v) is 6.36. The number of hydrogen-bond acceptors (Lipinski definition) is 4.